The van der Waals surface area contributed by atoms with Gasteiger partial charge >= 0.3 is 0 Å². The van der Waals surface area contributed by atoms with Gasteiger partial charge in [0.1, 0.15) is 5.82 Å². The number of benzene rings is 1. The van der Waals surface area contributed by atoms with Crippen LogP contribution in [0.25, 0.3) is 10.1 Å². The Bertz CT molecular complexity index is 452. The fraction of sp³-hybridized carbons (Fsp3) is 0.111. The van der Waals surface area contributed by atoms with E-state index in [0.717, 1.165) is 10.3 Å². The van der Waals surface area contributed by atoms with Gasteiger partial charge in [-0.1, -0.05) is 27.5 Å². The molecule has 0 spiro atoms. The Hall–Kier alpha value is -0.120. The van der Waals surface area contributed by atoms with Gasteiger partial charge < -0.3 is 0 Å². The van der Waals surface area contributed by atoms with E-state index in [1.54, 1.807) is 12.1 Å². The molecule has 68 valence electrons. The van der Waals surface area contributed by atoms with Crippen molar-refractivity contribution in [3.05, 3.63) is 33.9 Å². The van der Waals surface area contributed by atoms with Gasteiger partial charge in [0.15, 0.2) is 0 Å². The number of rotatable bonds is 1. The number of halogens is 3. The Kier molecular flexibility index (Phi) is 2.58. The van der Waals surface area contributed by atoms with Crippen molar-refractivity contribution in [3.8, 4) is 0 Å². The minimum absolute atomic E-state index is 0.168. The van der Waals surface area contributed by atoms with Crippen molar-refractivity contribution in [1.29, 1.82) is 0 Å². The Morgan fingerprint density at radius 3 is 2.92 bits per heavy atom. The minimum Gasteiger partial charge on any atom is -0.205 e. The van der Waals surface area contributed by atoms with E-state index in [1.165, 1.54) is 16.7 Å². The van der Waals surface area contributed by atoms with Crippen LogP contribution in [0.15, 0.2) is 17.5 Å². The zero-order chi connectivity index (χ0) is 9.42. The van der Waals surface area contributed by atoms with E-state index in [0.29, 0.717) is 15.7 Å². The Balaban J connectivity index is 2.77. The summed E-state index contributed by atoms with van der Waals surface area (Å²) < 4.78 is 14.0. The van der Waals surface area contributed by atoms with Gasteiger partial charge in [-0.25, -0.2) is 4.39 Å². The largest absolute Gasteiger partial charge is 0.205 e. The molecule has 4 heteroatoms. The first-order valence-electron chi connectivity index (χ1n) is 3.63. The highest BCUT2D eigenvalue weighted by Crippen LogP contribution is 2.31. The maximum absolute atomic E-state index is 13.1. The first kappa shape index (κ1) is 9.44. The third-order valence-electron chi connectivity index (χ3n) is 1.84. The summed E-state index contributed by atoms with van der Waals surface area (Å²) in [6, 6.07) is 3.60. The van der Waals surface area contributed by atoms with Crippen LogP contribution in [0.2, 0.25) is 5.02 Å². The molecule has 0 radical (unpaired) electrons. The van der Waals surface area contributed by atoms with Crippen LogP contribution >= 0.6 is 38.9 Å². The summed E-state index contributed by atoms with van der Waals surface area (Å²) in [5, 5.41) is 3.49. The van der Waals surface area contributed by atoms with Gasteiger partial charge in [-0.3, -0.25) is 0 Å². The highest BCUT2D eigenvalue weighted by atomic mass is 79.9. The summed E-state index contributed by atoms with van der Waals surface area (Å²) in [5.41, 5.74) is 0.923. The molecule has 0 aliphatic heterocycles. The van der Waals surface area contributed by atoms with Crippen molar-refractivity contribution in [2.24, 2.45) is 0 Å². The fourth-order valence-corrected chi connectivity index (χ4v) is 2.91. The first-order chi connectivity index (χ1) is 6.22. The second-order valence-corrected chi connectivity index (χ2v) is 4.54. The molecular weight excluding hydrogens is 275 g/mol. The van der Waals surface area contributed by atoms with E-state index >= 15 is 0 Å². The molecule has 0 amide bonds. The summed E-state index contributed by atoms with van der Waals surface area (Å²) in [6.45, 7) is 0. The predicted molar refractivity (Wildman–Crippen MR) is 59.4 cm³/mol. The van der Waals surface area contributed by atoms with E-state index in [-0.39, 0.29) is 5.82 Å². The number of thiophene rings is 1. The summed E-state index contributed by atoms with van der Waals surface area (Å²) in [6.07, 6.45) is 0. The van der Waals surface area contributed by atoms with Gasteiger partial charge in [0, 0.05) is 25.8 Å². The second-order valence-electron chi connectivity index (χ2n) is 2.66. The van der Waals surface area contributed by atoms with Gasteiger partial charge in [-0.15, -0.1) is 11.3 Å². The Morgan fingerprint density at radius 2 is 2.23 bits per heavy atom. The molecule has 1 aromatic heterocycles. The molecular formula is C9H5BrClFS. The van der Waals surface area contributed by atoms with E-state index in [2.05, 4.69) is 15.9 Å². The normalized spacial score (nSPS) is 11.0. The average molecular weight is 280 g/mol. The van der Waals surface area contributed by atoms with Crippen molar-refractivity contribution in [2.45, 2.75) is 5.33 Å². The molecule has 2 aromatic rings. The van der Waals surface area contributed by atoms with Gasteiger partial charge in [0.05, 0.1) is 0 Å². The van der Waals surface area contributed by atoms with E-state index < -0.39 is 0 Å². The molecule has 1 aromatic carbocycles. The SMILES string of the molecule is Fc1csc2cc(Cl)c(CBr)cc12. The van der Waals surface area contributed by atoms with E-state index in [4.69, 9.17) is 11.6 Å². The number of fused-ring (bicyclic) bond motifs is 1. The average Bonchev–Trinajstić information content (AvgIpc) is 2.46. The molecule has 0 bridgehead atoms. The molecule has 0 unspecified atom stereocenters. The Labute approximate surface area is 92.5 Å². The summed E-state index contributed by atoms with van der Waals surface area (Å²) in [7, 11) is 0. The predicted octanol–water partition coefficient (Wildman–Crippen LogP) is 4.59. The zero-order valence-electron chi connectivity index (χ0n) is 6.48. The first-order valence-corrected chi connectivity index (χ1v) is 6.01. The zero-order valence-corrected chi connectivity index (χ0v) is 9.64. The fourth-order valence-electron chi connectivity index (χ4n) is 1.17. The van der Waals surface area contributed by atoms with Crippen LogP contribution in [0.4, 0.5) is 4.39 Å². The molecule has 0 saturated carbocycles. The maximum atomic E-state index is 13.1. The molecule has 0 aliphatic rings. The van der Waals surface area contributed by atoms with Crippen LogP contribution in [0.5, 0.6) is 0 Å². The molecule has 0 fully saturated rings. The third-order valence-corrected chi connectivity index (χ3v) is 3.71. The van der Waals surface area contributed by atoms with Crippen LogP contribution in [-0.4, -0.2) is 0 Å². The summed E-state index contributed by atoms with van der Waals surface area (Å²) in [4.78, 5) is 0. The van der Waals surface area contributed by atoms with Crippen LogP contribution < -0.4 is 0 Å². The molecule has 0 saturated heterocycles. The summed E-state index contributed by atoms with van der Waals surface area (Å²) in [5.74, 6) is -0.168. The minimum atomic E-state index is -0.168. The smallest absolute Gasteiger partial charge is 0.141 e. The van der Waals surface area contributed by atoms with Crippen molar-refractivity contribution in [3.63, 3.8) is 0 Å². The molecule has 0 atom stereocenters. The molecule has 1 heterocycles. The monoisotopic (exact) mass is 278 g/mol. The van der Waals surface area contributed by atoms with E-state index in [9.17, 15) is 4.39 Å². The van der Waals surface area contributed by atoms with Crippen molar-refractivity contribution in [2.75, 3.05) is 0 Å². The highest BCUT2D eigenvalue weighted by Gasteiger charge is 2.07. The quantitative estimate of drug-likeness (QED) is 0.670. The topological polar surface area (TPSA) is 0 Å². The Morgan fingerprint density at radius 1 is 1.46 bits per heavy atom. The molecule has 2 rings (SSSR count). The second kappa shape index (κ2) is 3.56. The number of alkyl halides is 1. The van der Waals surface area contributed by atoms with Crippen LogP contribution in [0, 0.1) is 5.82 Å². The van der Waals surface area contributed by atoms with Crippen molar-refractivity contribution >= 4 is 49.0 Å². The van der Waals surface area contributed by atoms with Gasteiger partial charge in [-0.05, 0) is 17.7 Å². The van der Waals surface area contributed by atoms with Gasteiger partial charge in [0.25, 0.3) is 0 Å². The summed E-state index contributed by atoms with van der Waals surface area (Å²) >= 11 is 10.6. The van der Waals surface area contributed by atoms with E-state index in [1.807, 2.05) is 0 Å². The highest BCUT2D eigenvalue weighted by molar-refractivity contribution is 9.08. The molecule has 13 heavy (non-hydrogen) atoms. The van der Waals surface area contributed by atoms with Gasteiger partial charge in [0.2, 0.25) is 0 Å². The number of hydrogen-bond acceptors (Lipinski definition) is 1. The third kappa shape index (κ3) is 1.60. The van der Waals surface area contributed by atoms with Crippen molar-refractivity contribution < 1.29 is 4.39 Å². The lowest BCUT2D eigenvalue weighted by Crippen LogP contribution is -1.79. The lowest BCUT2D eigenvalue weighted by molar-refractivity contribution is 0.644. The van der Waals surface area contributed by atoms with Crippen molar-refractivity contribution in [1.82, 2.24) is 0 Å². The maximum Gasteiger partial charge on any atom is 0.141 e. The lowest BCUT2D eigenvalue weighted by Gasteiger charge is -1.99. The number of hydrogen-bond donors (Lipinski definition) is 0. The van der Waals surface area contributed by atoms with Crippen LogP contribution in [0.3, 0.4) is 0 Å². The molecule has 0 N–H and O–H groups in total. The van der Waals surface area contributed by atoms with Gasteiger partial charge in [-0.2, -0.15) is 0 Å². The van der Waals surface area contributed by atoms with Crippen LogP contribution in [-0.2, 0) is 5.33 Å². The lowest BCUT2D eigenvalue weighted by atomic mass is 10.2. The van der Waals surface area contributed by atoms with Crippen LogP contribution in [0.1, 0.15) is 5.56 Å². The standard InChI is InChI=1S/C9H5BrClFS/c10-3-5-1-6-8(12)4-13-9(6)2-7(5)11/h1-2,4H,3H2. The molecule has 0 nitrogen and oxygen atoms in total. The molecule has 0 aliphatic carbocycles.